The lowest BCUT2D eigenvalue weighted by Gasteiger charge is -2.29. The predicted octanol–water partition coefficient (Wildman–Crippen LogP) is 4.27. The number of benzene rings is 1. The Labute approximate surface area is 109 Å². The Morgan fingerprint density at radius 2 is 2.06 bits per heavy atom. The van der Waals surface area contributed by atoms with Crippen molar-refractivity contribution in [2.24, 2.45) is 0 Å². The highest BCUT2D eigenvalue weighted by Gasteiger charge is 2.42. The zero-order valence-electron chi connectivity index (χ0n) is 11.0. The molecule has 0 spiro atoms. The van der Waals surface area contributed by atoms with Gasteiger partial charge in [-0.05, 0) is 32.3 Å². The van der Waals surface area contributed by atoms with Crippen LogP contribution in [-0.4, -0.2) is 17.0 Å². The molecule has 3 atom stereocenters. The minimum atomic E-state index is 0.0683. The standard InChI is InChI=1S/C15H22OS/c1-4-15(3)14(10-12(2)16-15)17-11-13-8-6-5-7-9-13/h5-9,12,14H,4,10-11H2,1-3H3/t12-,14-,15+/m1/s1. The molecule has 1 aromatic carbocycles. The summed E-state index contributed by atoms with van der Waals surface area (Å²) in [7, 11) is 0. The van der Waals surface area contributed by atoms with Gasteiger partial charge in [0, 0.05) is 11.0 Å². The van der Waals surface area contributed by atoms with Crippen LogP contribution in [0.3, 0.4) is 0 Å². The largest absolute Gasteiger partial charge is 0.371 e. The number of hydrogen-bond donors (Lipinski definition) is 0. The van der Waals surface area contributed by atoms with E-state index in [0.717, 1.165) is 12.2 Å². The highest BCUT2D eigenvalue weighted by atomic mass is 32.2. The zero-order chi connectivity index (χ0) is 12.3. The van der Waals surface area contributed by atoms with Crippen molar-refractivity contribution in [3.05, 3.63) is 35.9 Å². The number of hydrogen-bond acceptors (Lipinski definition) is 2. The summed E-state index contributed by atoms with van der Waals surface area (Å²) in [6, 6.07) is 10.7. The van der Waals surface area contributed by atoms with Gasteiger partial charge < -0.3 is 4.74 Å². The van der Waals surface area contributed by atoms with Gasteiger partial charge in [0.25, 0.3) is 0 Å². The van der Waals surface area contributed by atoms with E-state index in [4.69, 9.17) is 4.74 Å². The van der Waals surface area contributed by atoms with Crippen molar-refractivity contribution < 1.29 is 4.74 Å². The van der Waals surface area contributed by atoms with Crippen molar-refractivity contribution in [3.63, 3.8) is 0 Å². The van der Waals surface area contributed by atoms with Crippen LogP contribution in [0.2, 0.25) is 0 Å². The average Bonchev–Trinajstić information content (AvgIpc) is 2.64. The first kappa shape index (κ1) is 13.0. The van der Waals surface area contributed by atoms with Gasteiger partial charge in [-0.15, -0.1) is 0 Å². The SMILES string of the molecule is CC[C@]1(C)O[C@H](C)C[C@H]1SCc1ccccc1. The van der Waals surface area contributed by atoms with E-state index in [2.05, 4.69) is 51.1 Å². The molecule has 94 valence electrons. The van der Waals surface area contributed by atoms with Crippen LogP contribution in [-0.2, 0) is 10.5 Å². The van der Waals surface area contributed by atoms with Crippen LogP contribution in [0, 0.1) is 0 Å². The molecule has 0 aromatic heterocycles. The predicted molar refractivity (Wildman–Crippen MR) is 75.4 cm³/mol. The molecule has 0 N–H and O–H groups in total. The summed E-state index contributed by atoms with van der Waals surface area (Å²) in [5, 5.41) is 0.628. The second-order valence-corrected chi connectivity index (χ2v) is 6.31. The molecule has 1 heterocycles. The van der Waals surface area contributed by atoms with E-state index in [1.54, 1.807) is 0 Å². The van der Waals surface area contributed by atoms with E-state index in [0.29, 0.717) is 11.4 Å². The fourth-order valence-corrected chi connectivity index (χ4v) is 4.03. The summed E-state index contributed by atoms with van der Waals surface area (Å²) in [5.74, 6) is 1.09. The van der Waals surface area contributed by atoms with Gasteiger partial charge in [0.2, 0.25) is 0 Å². The van der Waals surface area contributed by atoms with Gasteiger partial charge in [0.15, 0.2) is 0 Å². The Morgan fingerprint density at radius 1 is 1.35 bits per heavy atom. The fraction of sp³-hybridized carbons (Fsp3) is 0.600. The smallest absolute Gasteiger partial charge is 0.0774 e. The molecule has 1 aliphatic heterocycles. The third-order valence-electron chi connectivity index (χ3n) is 3.69. The lowest BCUT2D eigenvalue weighted by molar-refractivity contribution is -0.0207. The Kier molecular flexibility index (Phi) is 4.16. The summed E-state index contributed by atoms with van der Waals surface area (Å²) in [6.07, 6.45) is 2.69. The topological polar surface area (TPSA) is 9.23 Å². The lowest BCUT2D eigenvalue weighted by atomic mass is 9.99. The highest BCUT2D eigenvalue weighted by Crippen LogP contribution is 2.41. The van der Waals surface area contributed by atoms with E-state index in [9.17, 15) is 0 Å². The summed E-state index contributed by atoms with van der Waals surface area (Å²) >= 11 is 2.05. The maximum absolute atomic E-state index is 6.08. The molecule has 17 heavy (non-hydrogen) atoms. The van der Waals surface area contributed by atoms with Crippen molar-refractivity contribution >= 4 is 11.8 Å². The molecule has 2 heteroatoms. The Hall–Kier alpha value is -0.470. The van der Waals surface area contributed by atoms with Crippen LogP contribution in [0.25, 0.3) is 0 Å². The van der Waals surface area contributed by atoms with Gasteiger partial charge in [-0.2, -0.15) is 11.8 Å². The van der Waals surface area contributed by atoms with Gasteiger partial charge >= 0.3 is 0 Å². The van der Waals surface area contributed by atoms with E-state index in [-0.39, 0.29) is 5.60 Å². The van der Waals surface area contributed by atoms with Crippen molar-refractivity contribution in [2.45, 2.75) is 56.3 Å². The van der Waals surface area contributed by atoms with Crippen LogP contribution in [0.5, 0.6) is 0 Å². The Bertz CT molecular complexity index is 351. The second-order valence-electron chi connectivity index (χ2n) is 5.12. The molecule has 1 aromatic rings. The normalized spacial score (nSPS) is 32.9. The molecule has 0 radical (unpaired) electrons. The quantitative estimate of drug-likeness (QED) is 0.789. The maximum atomic E-state index is 6.08. The van der Waals surface area contributed by atoms with Gasteiger partial charge in [0.05, 0.1) is 11.7 Å². The molecule has 2 rings (SSSR count). The first-order chi connectivity index (χ1) is 8.14. The van der Waals surface area contributed by atoms with Gasteiger partial charge in [-0.1, -0.05) is 37.3 Å². The molecular weight excluding hydrogens is 228 g/mol. The number of thioether (sulfide) groups is 1. The number of ether oxygens (including phenoxy) is 1. The maximum Gasteiger partial charge on any atom is 0.0774 e. The third kappa shape index (κ3) is 3.05. The first-order valence-corrected chi connectivity index (χ1v) is 7.52. The van der Waals surface area contributed by atoms with Crippen LogP contribution >= 0.6 is 11.8 Å². The monoisotopic (exact) mass is 250 g/mol. The molecule has 0 saturated carbocycles. The van der Waals surface area contributed by atoms with Crippen LogP contribution in [0.1, 0.15) is 39.2 Å². The molecule has 1 fully saturated rings. The zero-order valence-corrected chi connectivity index (χ0v) is 11.8. The fourth-order valence-electron chi connectivity index (χ4n) is 2.46. The molecular formula is C15H22OS. The van der Waals surface area contributed by atoms with E-state index >= 15 is 0 Å². The average molecular weight is 250 g/mol. The van der Waals surface area contributed by atoms with Gasteiger partial charge in [-0.25, -0.2) is 0 Å². The Morgan fingerprint density at radius 3 is 2.71 bits per heavy atom. The van der Waals surface area contributed by atoms with Crippen molar-refractivity contribution in [1.82, 2.24) is 0 Å². The molecule has 0 bridgehead atoms. The first-order valence-electron chi connectivity index (χ1n) is 6.47. The molecule has 1 saturated heterocycles. The van der Waals surface area contributed by atoms with Crippen LogP contribution in [0.4, 0.5) is 0 Å². The van der Waals surface area contributed by atoms with Crippen molar-refractivity contribution in [3.8, 4) is 0 Å². The lowest BCUT2D eigenvalue weighted by Crippen LogP contribution is -2.33. The second kappa shape index (κ2) is 5.45. The van der Waals surface area contributed by atoms with Crippen molar-refractivity contribution in [1.29, 1.82) is 0 Å². The summed E-state index contributed by atoms with van der Waals surface area (Å²) < 4.78 is 6.08. The van der Waals surface area contributed by atoms with E-state index < -0.39 is 0 Å². The van der Waals surface area contributed by atoms with Gasteiger partial charge in [0.1, 0.15) is 0 Å². The Balaban J connectivity index is 1.95. The molecule has 0 aliphatic carbocycles. The van der Waals surface area contributed by atoms with E-state index in [1.807, 2.05) is 11.8 Å². The van der Waals surface area contributed by atoms with Gasteiger partial charge in [-0.3, -0.25) is 0 Å². The van der Waals surface area contributed by atoms with E-state index in [1.165, 1.54) is 12.0 Å². The summed E-state index contributed by atoms with van der Waals surface area (Å²) in [6.45, 7) is 6.68. The van der Waals surface area contributed by atoms with Crippen molar-refractivity contribution in [2.75, 3.05) is 0 Å². The molecule has 1 aliphatic rings. The third-order valence-corrected chi connectivity index (χ3v) is 5.29. The summed E-state index contributed by atoms with van der Waals surface area (Å²) in [4.78, 5) is 0. The molecule has 0 amide bonds. The molecule has 0 unspecified atom stereocenters. The van der Waals surface area contributed by atoms with Crippen LogP contribution in [0.15, 0.2) is 30.3 Å². The van der Waals surface area contributed by atoms with Crippen LogP contribution < -0.4 is 0 Å². The molecule has 1 nitrogen and oxygen atoms in total. The summed E-state index contributed by atoms with van der Waals surface area (Å²) in [5.41, 5.74) is 1.48. The number of rotatable bonds is 4. The highest BCUT2D eigenvalue weighted by molar-refractivity contribution is 7.99. The minimum absolute atomic E-state index is 0.0683. The minimum Gasteiger partial charge on any atom is -0.371 e.